The van der Waals surface area contributed by atoms with Crippen LogP contribution in [0.3, 0.4) is 0 Å². The van der Waals surface area contributed by atoms with Crippen molar-refractivity contribution in [2.45, 2.75) is 43.4 Å². The highest BCUT2D eigenvalue weighted by Gasteiger charge is 2.49. The lowest BCUT2D eigenvalue weighted by atomic mass is 9.89. The zero-order chi connectivity index (χ0) is 21.0. The zero-order valence-electron chi connectivity index (χ0n) is 16.6. The van der Waals surface area contributed by atoms with E-state index >= 15 is 0 Å². The number of sulfonamides is 1. The lowest BCUT2D eigenvalue weighted by Crippen LogP contribution is -2.40. The Morgan fingerprint density at radius 1 is 1.14 bits per heavy atom. The molecule has 1 aliphatic carbocycles. The summed E-state index contributed by atoms with van der Waals surface area (Å²) in [6.07, 6.45) is 3.11. The van der Waals surface area contributed by atoms with E-state index in [0.29, 0.717) is 0 Å². The van der Waals surface area contributed by atoms with E-state index in [4.69, 9.17) is 4.42 Å². The Bertz CT molecular complexity index is 1110. The van der Waals surface area contributed by atoms with Gasteiger partial charge in [-0.15, -0.1) is 0 Å². The van der Waals surface area contributed by atoms with Crippen LogP contribution in [0.5, 0.6) is 0 Å². The quantitative estimate of drug-likeness (QED) is 0.750. The second-order valence-corrected chi connectivity index (χ2v) is 9.87. The highest BCUT2D eigenvalue weighted by molar-refractivity contribution is 7.88. The van der Waals surface area contributed by atoms with Gasteiger partial charge in [-0.3, -0.25) is 9.69 Å². The minimum absolute atomic E-state index is 0.145. The summed E-state index contributed by atoms with van der Waals surface area (Å²) < 4.78 is 30.8. The predicted octanol–water partition coefficient (Wildman–Crippen LogP) is 1.99. The Morgan fingerprint density at radius 3 is 2.59 bits per heavy atom. The molecule has 29 heavy (non-hydrogen) atoms. The molecule has 1 aliphatic heterocycles. The van der Waals surface area contributed by atoms with E-state index in [9.17, 15) is 18.0 Å². The smallest absolute Gasteiger partial charge is 0.325 e. The second kappa shape index (κ2) is 6.70. The summed E-state index contributed by atoms with van der Waals surface area (Å²) in [5.41, 5.74) is 2.08. The minimum atomic E-state index is -3.73. The molecule has 2 heterocycles. The number of amides is 3. The van der Waals surface area contributed by atoms with Crippen molar-refractivity contribution in [1.82, 2.24) is 14.5 Å². The van der Waals surface area contributed by atoms with Crippen LogP contribution in [-0.4, -0.2) is 43.7 Å². The number of aryl methyl sites for hydroxylation is 2. The number of benzene rings is 1. The maximum Gasteiger partial charge on any atom is 0.325 e. The van der Waals surface area contributed by atoms with E-state index in [0.717, 1.165) is 34.0 Å². The molecule has 4 rings (SSSR count). The number of urea groups is 1. The van der Waals surface area contributed by atoms with Gasteiger partial charge in [-0.25, -0.2) is 17.5 Å². The molecule has 0 radical (unpaired) electrons. The maximum atomic E-state index is 13.1. The number of nitrogens with zero attached hydrogens (tertiary/aromatic N) is 2. The number of furan rings is 1. The van der Waals surface area contributed by atoms with Crippen LogP contribution < -0.4 is 5.32 Å². The van der Waals surface area contributed by atoms with Gasteiger partial charge in [-0.05, 0) is 55.0 Å². The number of hydrogen-bond donors (Lipinski definition) is 1. The summed E-state index contributed by atoms with van der Waals surface area (Å²) >= 11 is 0. The normalized spacial score (nSPS) is 21.7. The molecule has 1 saturated heterocycles. The van der Waals surface area contributed by atoms with Crippen LogP contribution in [0.4, 0.5) is 4.79 Å². The fraction of sp³-hybridized carbons (Fsp3) is 0.400. The molecule has 1 atom stereocenters. The van der Waals surface area contributed by atoms with Crippen LogP contribution in [0.2, 0.25) is 0 Å². The summed E-state index contributed by atoms with van der Waals surface area (Å²) in [5, 5.41) is 2.55. The molecule has 1 aromatic heterocycles. The van der Waals surface area contributed by atoms with Gasteiger partial charge >= 0.3 is 6.03 Å². The van der Waals surface area contributed by atoms with Crippen molar-refractivity contribution in [2.24, 2.45) is 0 Å². The summed E-state index contributed by atoms with van der Waals surface area (Å²) in [6.45, 7) is 1.54. The number of carbonyl (C=O) groups is 2. The molecule has 9 heteroatoms. The van der Waals surface area contributed by atoms with E-state index in [2.05, 4.69) is 5.32 Å². The fourth-order valence-corrected chi connectivity index (χ4v) is 4.65. The highest BCUT2D eigenvalue weighted by Crippen LogP contribution is 2.33. The number of carbonyl (C=O) groups excluding carboxylic acids is 2. The highest BCUT2D eigenvalue weighted by atomic mass is 32.2. The Morgan fingerprint density at radius 2 is 1.86 bits per heavy atom. The average Bonchev–Trinajstić information content (AvgIpc) is 3.37. The van der Waals surface area contributed by atoms with E-state index in [1.165, 1.54) is 37.4 Å². The molecule has 154 valence electrons. The molecule has 0 saturated carbocycles. The first-order valence-corrected chi connectivity index (χ1v) is 10.8. The monoisotopic (exact) mass is 417 g/mol. The first kappa shape index (κ1) is 19.7. The SMILES string of the molecule is CN(C)S(=O)(=O)c1ccc(CN2C(=O)N[C@](C)(c3ccc4c(c3)CCC4)C2=O)o1. The molecule has 1 aromatic carbocycles. The van der Waals surface area contributed by atoms with Crippen LogP contribution >= 0.6 is 0 Å². The fourth-order valence-electron chi connectivity index (χ4n) is 3.84. The van der Waals surface area contributed by atoms with Gasteiger partial charge in [-0.2, -0.15) is 0 Å². The topological polar surface area (TPSA) is 99.9 Å². The Hall–Kier alpha value is -2.65. The summed E-state index contributed by atoms with van der Waals surface area (Å²) in [5.74, 6) is -0.180. The summed E-state index contributed by atoms with van der Waals surface area (Å²) in [7, 11) is -0.926. The number of imide groups is 1. The first-order valence-electron chi connectivity index (χ1n) is 9.40. The molecule has 1 N–H and O–H groups in total. The van der Waals surface area contributed by atoms with Gasteiger partial charge in [0.25, 0.3) is 15.9 Å². The van der Waals surface area contributed by atoms with Crippen molar-refractivity contribution in [3.63, 3.8) is 0 Å². The van der Waals surface area contributed by atoms with Crippen LogP contribution in [0.15, 0.2) is 39.8 Å². The van der Waals surface area contributed by atoms with Crippen molar-refractivity contribution in [2.75, 3.05) is 14.1 Å². The van der Waals surface area contributed by atoms with Gasteiger partial charge in [0.15, 0.2) is 0 Å². The molecular formula is C20H23N3O5S. The molecule has 0 unspecified atom stereocenters. The van der Waals surface area contributed by atoms with E-state index in [1.807, 2.05) is 18.2 Å². The number of hydrogen-bond acceptors (Lipinski definition) is 5. The third-order valence-electron chi connectivity index (χ3n) is 5.64. The molecule has 0 bridgehead atoms. The van der Waals surface area contributed by atoms with Gasteiger partial charge in [-0.1, -0.05) is 18.2 Å². The Kier molecular flexibility index (Phi) is 4.54. The van der Waals surface area contributed by atoms with Crippen molar-refractivity contribution in [3.05, 3.63) is 52.8 Å². The minimum Gasteiger partial charge on any atom is -0.446 e. The molecule has 2 aromatic rings. The predicted molar refractivity (Wildman–Crippen MR) is 104 cm³/mol. The third-order valence-corrected chi connectivity index (χ3v) is 7.33. The van der Waals surface area contributed by atoms with Gasteiger partial charge in [0.1, 0.15) is 11.3 Å². The van der Waals surface area contributed by atoms with Gasteiger partial charge in [0.05, 0.1) is 6.54 Å². The van der Waals surface area contributed by atoms with Gasteiger partial charge < -0.3 is 9.73 Å². The average molecular weight is 417 g/mol. The number of nitrogens with one attached hydrogen (secondary N) is 1. The zero-order valence-corrected chi connectivity index (χ0v) is 17.4. The van der Waals surface area contributed by atoms with Crippen molar-refractivity contribution in [3.8, 4) is 0 Å². The van der Waals surface area contributed by atoms with Crippen LogP contribution in [-0.2, 0) is 39.7 Å². The molecule has 0 spiro atoms. The maximum absolute atomic E-state index is 13.1. The van der Waals surface area contributed by atoms with Crippen LogP contribution in [0, 0.1) is 0 Å². The van der Waals surface area contributed by atoms with Gasteiger partial charge in [0.2, 0.25) is 5.09 Å². The second-order valence-electron chi connectivity index (χ2n) is 7.79. The van der Waals surface area contributed by atoms with E-state index in [1.54, 1.807) is 6.92 Å². The molecule has 8 nitrogen and oxygen atoms in total. The Labute approximate surface area is 169 Å². The van der Waals surface area contributed by atoms with Crippen molar-refractivity contribution in [1.29, 1.82) is 0 Å². The summed E-state index contributed by atoms with van der Waals surface area (Å²) in [4.78, 5) is 26.7. The van der Waals surface area contributed by atoms with Crippen LogP contribution in [0.25, 0.3) is 0 Å². The van der Waals surface area contributed by atoms with Gasteiger partial charge in [0, 0.05) is 14.1 Å². The lowest BCUT2D eigenvalue weighted by Gasteiger charge is -2.23. The Balaban J connectivity index is 1.58. The first-order chi connectivity index (χ1) is 13.6. The number of fused-ring (bicyclic) bond motifs is 1. The van der Waals surface area contributed by atoms with Crippen LogP contribution in [0.1, 0.15) is 35.8 Å². The molecule has 1 fully saturated rings. The molecule has 2 aliphatic rings. The van der Waals surface area contributed by atoms with E-state index < -0.39 is 27.5 Å². The van der Waals surface area contributed by atoms with Crippen molar-refractivity contribution < 1.29 is 22.4 Å². The molecular weight excluding hydrogens is 394 g/mol. The largest absolute Gasteiger partial charge is 0.446 e. The standard InChI is InChI=1S/C20H23N3O5S/c1-20(15-8-7-13-5-4-6-14(13)11-15)18(24)23(19(25)21-20)12-16-9-10-17(28-16)29(26,27)22(2)3/h7-11H,4-6,12H2,1-3H3,(H,21,25)/t20-/m1/s1. The molecule has 3 amide bonds. The van der Waals surface area contributed by atoms with E-state index in [-0.39, 0.29) is 17.4 Å². The van der Waals surface area contributed by atoms with Crippen molar-refractivity contribution >= 4 is 22.0 Å². The summed E-state index contributed by atoms with van der Waals surface area (Å²) in [6, 6.07) is 8.16. The number of rotatable bonds is 5. The third kappa shape index (κ3) is 3.14. The lowest BCUT2D eigenvalue weighted by molar-refractivity contribution is -0.131.